The number of aryl methyl sites for hydroxylation is 1. The average Bonchev–Trinajstić information content (AvgIpc) is 1.98. The van der Waals surface area contributed by atoms with Crippen molar-refractivity contribution in [3.8, 4) is 0 Å². The molecule has 0 nitrogen and oxygen atoms in total. The molecule has 0 aliphatic carbocycles. The van der Waals surface area contributed by atoms with Gasteiger partial charge in [0.25, 0.3) is 0 Å². The molecule has 1 aromatic rings. The molecule has 50 valence electrons. The van der Waals surface area contributed by atoms with Gasteiger partial charge in [-0.2, -0.15) is 0 Å². The molecule has 1 aromatic heterocycles. The maximum absolute atomic E-state index is 3.50. The SMILES string of the molecule is Cc1[te]c(Br)c(Br)c1Br. The first-order valence-electron chi connectivity index (χ1n) is 2.23. The van der Waals surface area contributed by atoms with Crippen LogP contribution in [0, 0.1) is 6.92 Å². The molecule has 0 aliphatic rings. The minimum atomic E-state index is -0.0472. The number of rotatable bonds is 0. The van der Waals surface area contributed by atoms with Crippen molar-refractivity contribution in [3.05, 3.63) is 15.0 Å². The molecule has 0 spiro atoms. The van der Waals surface area contributed by atoms with E-state index < -0.39 is 0 Å². The standard InChI is InChI=1S/C5H3Br3Te/c1-2-3(6)4(7)5(8)9-2/h1H3. The third-order valence-electron chi connectivity index (χ3n) is 0.917. The predicted octanol–water partition coefficient (Wildman–Crippen LogP) is 3.34. The molecule has 0 saturated carbocycles. The van der Waals surface area contributed by atoms with Crippen molar-refractivity contribution in [2.24, 2.45) is 0 Å². The zero-order valence-electron chi connectivity index (χ0n) is 4.54. The van der Waals surface area contributed by atoms with Crippen LogP contribution in [0.15, 0.2) is 11.4 Å². The topological polar surface area (TPSA) is 0 Å². The molecule has 0 saturated heterocycles. The molecule has 0 bridgehead atoms. The number of hydrogen-bond acceptors (Lipinski definition) is 0. The van der Waals surface area contributed by atoms with Crippen LogP contribution in [-0.4, -0.2) is 20.4 Å². The van der Waals surface area contributed by atoms with Gasteiger partial charge in [0.05, 0.1) is 0 Å². The molecule has 0 atom stereocenters. The van der Waals surface area contributed by atoms with Crippen LogP contribution in [0.5, 0.6) is 0 Å². The second-order valence-corrected chi connectivity index (χ2v) is 9.07. The quantitative estimate of drug-likeness (QED) is 0.554. The van der Waals surface area contributed by atoms with Crippen LogP contribution in [-0.2, 0) is 0 Å². The Balaban J connectivity index is 3.29. The van der Waals surface area contributed by atoms with Crippen LogP contribution in [0.3, 0.4) is 0 Å². The minimum absolute atomic E-state index is 0.0472. The zero-order valence-corrected chi connectivity index (χ0v) is 11.6. The first-order chi connectivity index (χ1) is 4.13. The van der Waals surface area contributed by atoms with E-state index in [2.05, 4.69) is 54.7 Å². The van der Waals surface area contributed by atoms with Crippen molar-refractivity contribution in [2.75, 3.05) is 0 Å². The molecule has 0 N–H and O–H groups in total. The van der Waals surface area contributed by atoms with Crippen LogP contribution >= 0.6 is 47.8 Å². The Kier molecular flexibility index (Phi) is 3.33. The zero-order chi connectivity index (χ0) is 7.02. The van der Waals surface area contributed by atoms with Gasteiger partial charge in [0, 0.05) is 0 Å². The third kappa shape index (κ3) is 1.84. The Morgan fingerprint density at radius 1 is 1.11 bits per heavy atom. The van der Waals surface area contributed by atoms with E-state index in [1.807, 2.05) is 0 Å². The van der Waals surface area contributed by atoms with Crippen molar-refractivity contribution >= 4 is 68.2 Å². The van der Waals surface area contributed by atoms with Crippen molar-refractivity contribution in [1.29, 1.82) is 0 Å². The summed E-state index contributed by atoms with van der Waals surface area (Å²) in [5.74, 6) is 0. The van der Waals surface area contributed by atoms with E-state index in [0.29, 0.717) is 0 Å². The van der Waals surface area contributed by atoms with Gasteiger partial charge >= 0.3 is 90.2 Å². The summed E-state index contributed by atoms with van der Waals surface area (Å²) >= 11 is 10.4. The van der Waals surface area contributed by atoms with Crippen LogP contribution in [0.1, 0.15) is 3.58 Å². The second kappa shape index (κ2) is 3.40. The van der Waals surface area contributed by atoms with Crippen molar-refractivity contribution in [3.63, 3.8) is 0 Å². The van der Waals surface area contributed by atoms with Gasteiger partial charge < -0.3 is 0 Å². The van der Waals surface area contributed by atoms with E-state index in [0.717, 1.165) is 0 Å². The Morgan fingerprint density at radius 2 is 1.67 bits per heavy atom. The predicted molar refractivity (Wildman–Crippen MR) is 51.2 cm³/mol. The Bertz CT molecular complexity index is 206. The number of hydrogen-bond donors (Lipinski definition) is 0. The van der Waals surface area contributed by atoms with Gasteiger partial charge in [0.1, 0.15) is 0 Å². The summed E-state index contributed by atoms with van der Waals surface area (Å²) in [4.78, 5) is 0. The van der Waals surface area contributed by atoms with Gasteiger partial charge in [-0.05, 0) is 0 Å². The monoisotopic (exact) mass is 430 g/mol. The first-order valence-corrected chi connectivity index (χ1v) is 6.93. The van der Waals surface area contributed by atoms with Crippen LogP contribution in [0.25, 0.3) is 0 Å². The van der Waals surface area contributed by atoms with Gasteiger partial charge in [0.2, 0.25) is 0 Å². The van der Waals surface area contributed by atoms with Crippen LogP contribution < -0.4 is 0 Å². The van der Waals surface area contributed by atoms with E-state index in [-0.39, 0.29) is 20.4 Å². The molecular formula is C5H3Br3Te. The third-order valence-corrected chi connectivity index (χ3v) is 9.43. The number of halogens is 3. The van der Waals surface area contributed by atoms with Gasteiger partial charge in [0.15, 0.2) is 0 Å². The molecular weight excluding hydrogens is 427 g/mol. The maximum atomic E-state index is 3.50. The van der Waals surface area contributed by atoms with Crippen molar-refractivity contribution < 1.29 is 0 Å². The molecule has 1 heterocycles. The van der Waals surface area contributed by atoms with Crippen LogP contribution in [0.4, 0.5) is 0 Å². The molecule has 0 radical (unpaired) electrons. The van der Waals surface area contributed by atoms with Gasteiger partial charge in [-0.15, -0.1) is 0 Å². The summed E-state index contributed by atoms with van der Waals surface area (Å²) < 4.78 is 5.32. The summed E-state index contributed by atoms with van der Waals surface area (Å²) in [7, 11) is 0. The fourth-order valence-corrected chi connectivity index (χ4v) is 6.82. The van der Waals surface area contributed by atoms with Gasteiger partial charge in [-0.3, -0.25) is 0 Å². The first kappa shape index (κ1) is 8.80. The summed E-state index contributed by atoms with van der Waals surface area (Å²) in [6, 6.07) is 0. The van der Waals surface area contributed by atoms with E-state index in [9.17, 15) is 0 Å². The fourth-order valence-electron chi connectivity index (χ4n) is 0.465. The molecule has 0 aliphatic heterocycles. The van der Waals surface area contributed by atoms with Crippen LogP contribution in [0.2, 0.25) is 0 Å². The van der Waals surface area contributed by atoms with E-state index >= 15 is 0 Å². The van der Waals surface area contributed by atoms with E-state index in [1.165, 1.54) is 15.0 Å². The van der Waals surface area contributed by atoms with E-state index in [4.69, 9.17) is 0 Å². The van der Waals surface area contributed by atoms with Gasteiger partial charge in [-0.1, -0.05) is 0 Å². The second-order valence-electron chi connectivity index (χ2n) is 1.56. The van der Waals surface area contributed by atoms with Crippen molar-refractivity contribution in [2.45, 2.75) is 6.92 Å². The van der Waals surface area contributed by atoms with E-state index in [1.54, 1.807) is 0 Å². The molecule has 0 amide bonds. The molecule has 0 aromatic carbocycles. The normalized spacial score (nSPS) is 10.2. The average molecular weight is 430 g/mol. The molecule has 9 heavy (non-hydrogen) atoms. The molecule has 1 rings (SSSR count). The Labute approximate surface area is 89.0 Å². The summed E-state index contributed by atoms with van der Waals surface area (Å²) in [5.41, 5.74) is 0. The summed E-state index contributed by atoms with van der Waals surface area (Å²) in [5, 5.41) is 0. The fraction of sp³-hybridized carbons (Fsp3) is 0.200. The summed E-state index contributed by atoms with van der Waals surface area (Å²) in [6.07, 6.45) is 0. The Morgan fingerprint density at radius 3 is 1.78 bits per heavy atom. The summed E-state index contributed by atoms with van der Waals surface area (Å²) in [6.45, 7) is 2.17. The Hall–Kier alpha value is 1.71. The molecule has 0 unspecified atom stereocenters. The molecule has 4 heteroatoms. The molecule has 0 fully saturated rings. The van der Waals surface area contributed by atoms with Gasteiger partial charge in [-0.25, -0.2) is 0 Å². The van der Waals surface area contributed by atoms with Crippen molar-refractivity contribution in [1.82, 2.24) is 0 Å².